The molecule has 2 aromatic carbocycles. The third-order valence-corrected chi connectivity index (χ3v) is 4.46. The van der Waals surface area contributed by atoms with Crippen molar-refractivity contribution in [3.05, 3.63) is 64.2 Å². The predicted molar refractivity (Wildman–Crippen MR) is 113 cm³/mol. The second-order valence-electron chi connectivity index (χ2n) is 6.46. The van der Waals surface area contributed by atoms with Crippen molar-refractivity contribution < 1.29 is 4.79 Å². The quantitative estimate of drug-likeness (QED) is 0.552. The Balaban J connectivity index is 1.59. The van der Waals surface area contributed by atoms with Crippen molar-refractivity contribution in [1.29, 1.82) is 5.26 Å². The summed E-state index contributed by atoms with van der Waals surface area (Å²) in [6, 6.07) is 14.6. The molecule has 0 saturated heterocycles. The maximum Gasteiger partial charge on any atom is 0.319 e. The third-order valence-electron chi connectivity index (χ3n) is 4.21. The minimum Gasteiger partial charge on any atom is -0.367 e. The fourth-order valence-electron chi connectivity index (χ4n) is 2.92. The zero-order chi connectivity index (χ0) is 20.1. The number of carbonyl (C=O) groups is 1. The van der Waals surface area contributed by atoms with Gasteiger partial charge in [-0.05, 0) is 61.4 Å². The molecule has 0 atom stereocenters. The van der Waals surface area contributed by atoms with E-state index in [0.717, 1.165) is 22.0 Å². The van der Waals surface area contributed by atoms with E-state index in [9.17, 15) is 10.1 Å². The van der Waals surface area contributed by atoms with Crippen molar-refractivity contribution in [3.8, 4) is 6.07 Å². The van der Waals surface area contributed by atoms with Gasteiger partial charge in [0.2, 0.25) is 0 Å². The molecule has 3 rings (SSSR count). The van der Waals surface area contributed by atoms with Gasteiger partial charge in [0.15, 0.2) is 0 Å². The molecular weight excluding hydrogens is 374 g/mol. The third kappa shape index (κ3) is 4.70. The Labute approximate surface area is 168 Å². The number of hydrogen-bond donors (Lipinski definition) is 3. The molecule has 0 spiro atoms. The molecule has 0 aliphatic heterocycles. The van der Waals surface area contributed by atoms with Crippen LogP contribution in [-0.4, -0.2) is 24.1 Å². The van der Waals surface area contributed by atoms with Gasteiger partial charge in [-0.15, -0.1) is 0 Å². The summed E-state index contributed by atoms with van der Waals surface area (Å²) >= 11 is 5.82. The Morgan fingerprint density at radius 2 is 1.89 bits per heavy atom. The molecular formula is C21H20ClN5O. The fraction of sp³-hybridized carbons (Fsp3) is 0.190. The van der Waals surface area contributed by atoms with Gasteiger partial charge in [0, 0.05) is 29.2 Å². The number of anilines is 2. The molecule has 0 unspecified atom stereocenters. The Bertz CT molecular complexity index is 1060. The summed E-state index contributed by atoms with van der Waals surface area (Å²) in [6.07, 6.45) is 0. The first-order valence-electron chi connectivity index (χ1n) is 8.82. The first-order valence-corrected chi connectivity index (χ1v) is 9.20. The number of amides is 2. The standard InChI is InChI=1S/C21H20ClN5O/c1-13-9-14(2)18-11-15(12-23)20(27-19(18)10-13)24-7-8-25-21(28)26-17-5-3-16(22)4-6-17/h3-6,9-11H,7-8H2,1-2H3,(H,24,27)(H2,25,26,28). The van der Waals surface area contributed by atoms with Gasteiger partial charge in [-0.3, -0.25) is 0 Å². The van der Waals surface area contributed by atoms with Crippen molar-refractivity contribution in [1.82, 2.24) is 10.3 Å². The monoisotopic (exact) mass is 393 g/mol. The molecule has 0 radical (unpaired) electrons. The highest BCUT2D eigenvalue weighted by Crippen LogP contribution is 2.24. The lowest BCUT2D eigenvalue weighted by atomic mass is 10.0. The van der Waals surface area contributed by atoms with E-state index in [1.165, 1.54) is 0 Å². The lowest BCUT2D eigenvalue weighted by Gasteiger charge is -2.12. The number of aryl methyl sites for hydroxylation is 2. The van der Waals surface area contributed by atoms with E-state index in [0.29, 0.717) is 35.2 Å². The summed E-state index contributed by atoms with van der Waals surface area (Å²) in [5, 5.41) is 19.6. The van der Waals surface area contributed by atoms with Crippen LogP contribution in [0.2, 0.25) is 5.02 Å². The van der Waals surface area contributed by atoms with E-state index in [2.05, 4.69) is 33.1 Å². The molecule has 3 N–H and O–H groups in total. The number of urea groups is 1. The van der Waals surface area contributed by atoms with Gasteiger partial charge < -0.3 is 16.0 Å². The Hall–Kier alpha value is -3.30. The summed E-state index contributed by atoms with van der Waals surface area (Å²) in [7, 11) is 0. The lowest BCUT2D eigenvalue weighted by Crippen LogP contribution is -2.32. The van der Waals surface area contributed by atoms with Gasteiger partial charge in [-0.1, -0.05) is 17.7 Å². The summed E-state index contributed by atoms with van der Waals surface area (Å²) in [4.78, 5) is 16.5. The number of rotatable bonds is 5. The highest BCUT2D eigenvalue weighted by molar-refractivity contribution is 6.30. The number of nitrogens with zero attached hydrogens (tertiary/aromatic N) is 2. The Morgan fingerprint density at radius 1 is 1.14 bits per heavy atom. The molecule has 6 nitrogen and oxygen atoms in total. The number of pyridine rings is 1. The molecule has 28 heavy (non-hydrogen) atoms. The molecule has 0 fully saturated rings. The van der Waals surface area contributed by atoms with Crippen LogP contribution in [0.4, 0.5) is 16.3 Å². The van der Waals surface area contributed by atoms with Crippen LogP contribution in [0.1, 0.15) is 16.7 Å². The number of aromatic nitrogens is 1. The molecule has 2 amide bonds. The smallest absolute Gasteiger partial charge is 0.319 e. The zero-order valence-corrected chi connectivity index (χ0v) is 16.4. The molecule has 7 heteroatoms. The van der Waals surface area contributed by atoms with E-state index in [1.807, 2.05) is 26.0 Å². The number of nitrogens with one attached hydrogen (secondary N) is 3. The van der Waals surface area contributed by atoms with Crippen LogP contribution in [0.15, 0.2) is 42.5 Å². The molecule has 3 aromatic rings. The number of halogens is 1. The van der Waals surface area contributed by atoms with Gasteiger partial charge in [-0.2, -0.15) is 5.26 Å². The second kappa shape index (κ2) is 8.59. The number of carbonyl (C=O) groups excluding carboxylic acids is 1. The van der Waals surface area contributed by atoms with Crippen LogP contribution in [0.25, 0.3) is 10.9 Å². The maximum atomic E-state index is 11.9. The van der Waals surface area contributed by atoms with E-state index >= 15 is 0 Å². The summed E-state index contributed by atoms with van der Waals surface area (Å²) in [5.41, 5.74) is 4.18. The summed E-state index contributed by atoms with van der Waals surface area (Å²) < 4.78 is 0. The molecule has 0 saturated carbocycles. The highest BCUT2D eigenvalue weighted by atomic mass is 35.5. The summed E-state index contributed by atoms with van der Waals surface area (Å²) in [6.45, 7) is 4.83. The van der Waals surface area contributed by atoms with Gasteiger partial charge >= 0.3 is 6.03 Å². The normalized spacial score (nSPS) is 10.4. The molecule has 1 heterocycles. The van der Waals surface area contributed by atoms with Crippen molar-refractivity contribution in [2.45, 2.75) is 13.8 Å². The van der Waals surface area contributed by atoms with Crippen LogP contribution < -0.4 is 16.0 Å². The topological polar surface area (TPSA) is 89.8 Å². The maximum absolute atomic E-state index is 11.9. The average molecular weight is 394 g/mol. The van der Waals surface area contributed by atoms with Gasteiger partial charge in [-0.25, -0.2) is 9.78 Å². The van der Waals surface area contributed by atoms with Crippen LogP contribution in [0, 0.1) is 25.2 Å². The predicted octanol–water partition coefficient (Wildman–Crippen LogP) is 4.61. The molecule has 142 valence electrons. The number of benzene rings is 2. The van der Waals surface area contributed by atoms with E-state index in [1.54, 1.807) is 24.3 Å². The van der Waals surface area contributed by atoms with Crippen molar-refractivity contribution in [2.24, 2.45) is 0 Å². The Morgan fingerprint density at radius 3 is 2.61 bits per heavy atom. The van der Waals surface area contributed by atoms with E-state index in [-0.39, 0.29) is 6.03 Å². The average Bonchev–Trinajstić information content (AvgIpc) is 2.66. The van der Waals surface area contributed by atoms with Crippen molar-refractivity contribution >= 4 is 40.0 Å². The fourth-order valence-corrected chi connectivity index (χ4v) is 3.04. The van der Waals surface area contributed by atoms with Gasteiger partial charge in [0.25, 0.3) is 0 Å². The lowest BCUT2D eigenvalue weighted by molar-refractivity contribution is 0.252. The van der Waals surface area contributed by atoms with Gasteiger partial charge in [0.1, 0.15) is 11.9 Å². The number of hydrogen-bond acceptors (Lipinski definition) is 4. The minimum atomic E-state index is -0.317. The zero-order valence-electron chi connectivity index (χ0n) is 15.6. The first kappa shape index (κ1) is 19.5. The Kier molecular flexibility index (Phi) is 5.97. The van der Waals surface area contributed by atoms with E-state index in [4.69, 9.17) is 11.6 Å². The largest absolute Gasteiger partial charge is 0.367 e. The molecule has 0 bridgehead atoms. The second-order valence-corrected chi connectivity index (χ2v) is 6.90. The van der Waals surface area contributed by atoms with E-state index < -0.39 is 0 Å². The van der Waals surface area contributed by atoms with Crippen LogP contribution >= 0.6 is 11.6 Å². The first-order chi connectivity index (χ1) is 13.5. The SMILES string of the molecule is Cc1cc(C)c2cc(C#N)c(NCCNC(=O)Nc3ccc(Cl)cc3)nc2c1. The summed E-state index contributed by atoms with van der Waals surface area (Å²) in [5.74, 6) is 0.514. The van der Waals surface area contributed by atoms with Crippen LogP contribution in [-0.2, 0) is 0 Å². The number of nitriles is 1. The molecule has 1 aromatic heterocycles. The van der Waals surface area contributed by atoms with Crippen molar-refractivity contribution in [3.63, 3.8) is 0 Å². The minimum absolute atomic E-state index is 0.317. The van der Waals surface area contributed by atoms with Crippen LogP contribution in [0.5, 0.6) is 0 Å². The highest BCUT2D eigenvalue weighted by Gasteiger charge is 2.09. The van der Waals surface area contributed by atoms with Crippen LogP contribution in [0.3, 0.4) is 0 Å². The van der Waals surface area contributed by atoms with Gasteiger partial charge in [0.05, 0.1) is 11.1 Å². The molecule has 0 aliphatic rings. The number of fused-ring (bicyclic) bond motifs is 1. The van der Waals surface area contributed by atoms with Crippen molar-refractivity contribution in [2.75, 3.05) is 23.7 Å². The molecule has 0 aliphatic carbocycles.